The molecule has 0 saturated heterocycles. The zero-order chi connectivity index (χ0) is 11.4. The number of likely N-dealkylation sites (N-methyl/N-ethyl adjacent to an activating group) is 1. The van der Waals surface area contributed by atoms with E-state index in [-0.39, 0.29) is 6.04 Å². The fourth-order valence-electron chi connectivity index (χ4n) is 1.58. The van der Waals surface area contributed by atoms with Crippen molar-refractivity contribution in [3.63, 3.8) is 0 Å². The Morgan fingerprint density at radius 2 is 2.44 bits per heavy atom. The summed E-state index contributed by atoms with van der Waals surface area (Å²) in [5, 5.41) is 4.14. The number of aromatic nitrogens is 1. The molecular formula is C11H15N3S2. The first-order valence-electron chi connectivity index (χ1n) is 5.10. The van der Waals surface area contributed by atoms with Gasteiger partial charge in [0.25, 0.3) is 0 Å². The number of thiazole rings is 1. The molecule has 2 aromatic heterocycles. The van der Waals surface area contributed by atoms with Gasteiger partial charge in [-0.05, 0) is 18.5 Å². The van der Waals surface area contributed by atoms with Crippen molar-refractivity contribution in [3.8, 4) is 0 Å². The molecular weight excluding hydrogens is 238 g/mol. The van der Waals surface area contributed by atoms with Crippen molar-refractivity contribution in [2.75, 3.05) is 13.6 Å². The van der Waals surface area contributed by atoms with E-state index >= 15 is 0 Å². The highest BCUT2D eigenvalue weighted by molar-refractivity contribution is 7.10. The van der Waals surface area contributed by atoms with Crippen LogP contribution in [-0.2, 0) is 6.54 Å². The molecule has 0 spiro atoms. The first kappa shape index (κ1) is 11.7. The summed E-state index contributed by atoms with van der Waals surface area (Å²) in [6, 6.07) is 4.23. The minimum absolute atomic E-state index is 0.101. The van der Waals surface area contributed by atoms with Crippen LogP contribution in [0.2, 0.25) is 0 Å². The highest BCUT2D eigenvalue weighted by Gasteiger charge is 2.10. The molecule has 0 aromatic carbocycles. The van der Waals surface area contributed by atoms with Crippen molar-refractivity contribution in [3.05, 3.63) is 39.0 Å². The van der Waals surface area contributed by atoms with Gasteiger partial charge in [-0.3, -0.25) is 4.90 Å². The summed E-state index contributed by atoms with van der Waals surface area (Å²) in [7, 11) is 2.08. The molecule has 0 saturated carbocycles. The Labute approximate surface area is 104 Å². The van der Waals surface area contributed by atoms with Gasteiger partial charge < -0.3 is 5.73 Å². The van der Waals surface area contributed by atoms with Crippen LogP contribution in [0, 0.1) is 0 Å². The summed E-state index contributed by atoms with van der Waals surface area (Å²) >= 11 is 3.35. The normalized spacial score (nSPS) is 13.2. The lowest BCUT2D eigenvalue weighted by Crippen LogP contribution is -2.28. The molecule has 0 bridgehead atoms. The average molecular weight is 253 g/mol. The molecule has 0 aliphatic rings. The molecule has 0 radical (unpaired) electrons. The fourth-order valence-corrected chi connectivity index (χ4v) is 2.86. The first-order chi connectivity index (χ1) is 7.75. The standard InChI is InChI=1S/C11H15N3S2/c1-14(5-9-7-15-8-13-9)6-10(12)11-3-2-4-16-11/h2-4,7-8,10H,5-6,12H2,1H3. The summed E-state index contributed by atoms with van der Waals surface area (Å²) in [6.07, 6.45) is 0. The Bertz CT molecular complexity index is 397. The lowest BCUT2D eigenvalue weighted by molar-refractivity contribution is 0.304. The Morgan fingerprint density at radius 1 is 1.56 bits per heavy atom. The minimum atomic E-state index is 0.101. The lowest BCUT2D eigenvalue weighted by atomic mass is 10.2. The molecule has 2 N–H and O–H groups in total. The van der Waals surface area contributed by atoms with E-state index in [1.807, 2.05) is 11.6 Å². The predicted octanol–water partition coefficient (Wildman–Crippen LogP) is 2.34. The quantitative estimate of drug-likeness (QED) is 0.889. The molecule has 1 atom stereocenters. The molecule has 86 valence electrons. The van der Waals surface area contributed by atoms with Gasteiger partial charge in [0.1, 0.15) is 0 Å². The van der Waals surface area contributed by atoms with Gasteiger partial charge in [-0.25, -0.2) is 4.98 Å². The Hall–Kier alpha value is -0.750. The summed E-state index contributed by atoms with van der Waals surface area (Å²) < 4.78 is 0. The fraction of sp³-hybridized carbons (Fsp3) is 0.364. The van der Waals surface area contributed by atoms with Gasteiger partial charge in [-0.15, -0.1) is 22.7 Å². The number of rotatable bonds is 5. The first-order valence-corrected chi connectivity index (χ1v) is 6.92. The number of hydrogen-bond acceptors (Lipinski definition) is 5. The number of nitrogens with zero attached hydrogens (tertiary/aromatic N) is 2. The van der Waals surface area contributed by atoms with E-state index < -0.39 is 0 Å². The van der Waals surface area contributed by atoms with Crippen LogP contribution >= 0.6 is 22.7 Å². The second kappa shape index (κ2) is 5.54. The van der Waals surface area contributed by atoms with E-state index in [1.54, 1.807) is 22.7 Å². The molecule has 1 unspecified atom stereocenters. The van der Waals surface area contributed by atoms with Gasteiger partial charge in [0.15, 0.2) is 0 Å². The molecule has 3 nitrogen and oxygen atoms in total. The van der Waals surface area contributed by atoms with Gasteiger partial charge in [0.05, 0.1) is 17.2 Å². The monoisotopic (exact) mass is 253 g/mol. The molecule has 2 rings (SSSR count). The Morgan fingerprint density at radius 3 is 3.06 bits per heavy atom. The maximum Gasteiger partial charge on any atom is 0.0795 e. The summed E-state index contributed by atoms with van der Waals surface area (Å²) in [5.74, 6) is 0. The van der Waals surface area contributed by atoms with Crippen LogP contribution in [0.5, 0.6) is 0 Å². The second-order valence-corrected chi connectivity index (χ2v) is 5.50. The van der Waals surface area contributed by atoms with Crippen LogP contribution in [0.15, 0.2) is 28.4 Å². The van der Waals surface area contributed by atoms with Crippen molar-refractivity contribution in [1.82, 2.24) is 9.88 Å². The number of hydrogen-bond donors (Lipinski definition) is 1. The van der Waals surface area contributed by atoms with E-state index in [2.05, 4.69) is 33.8 Å². The SMILES string of the molecule is CN(Cc1cscn1)CC(N)c1cccs1. The molecule has 16 heavy (non-hydrogen) atoms. The van der Waals surface area contributed by atoms with Crippen LogP contribution in [0.4, 0.5) is 0 Å². The van der Waals surface area contributed by atoms with E-state index in [4.69, 9.17) is 5.73 Å². The minimum Gasteiger partial charge on any atom is -0.322 e. The van der Waals surface area contributed by atoms with E-state index in [0.29, 0.717) is 0 Å². The van der Waals surface area contributed by atoms with Gasteiger partial charge in [0, 0.05) is 23.3 Å². The third kappa shape index (κ3) is 3.12. The summed E-state index contributed by atoms with van der Waals surface area (Å²) in [4.78, 5) is 7.71. The van der Waals surface area contributed by atoms with Gasteiger partial charge in [-0.2, -0.15) is 0 Å². The molecule has 5 heteroatoms. The van der Waals surface area contributed by atoms with E-state index in [0.717, 1.165) is 18.8 Å². The third-order valence-corrected chi connectivity index (χ3v) is 3.97. The maximum atomic E-state index is 6.12. The maximum absolute atomic E-state index is 6.12. The molecule has 0 fully saturated rings. The molecule has 0 amide bonds. The van der Waals surface area contributed by atoms with Gasteiger partial charge >= 0.3 is 0 Å². The number of nitrogens with two attached hydrogens (primary N) is 1. The Balaban J connectivity index is 1.85. The Kier molecular flexibility index (Phi) is 4.06. The molecule has 2 aromatic rings. The van der Waals surface area contributed by atoms with Gasteiger partial charge in [-0.1, -0.05) is 6.07 Å². The summed E-state index contributed by atoms with van der Waals surface area (Å²) in [6.45, 7) is 1.72. The van der Waals surface area contributed by atoms with Crippen LogP contribution in [0.1, 0.15) is 16.6 Å². The van der Waals surface area contributed by atoms with Gasteiger partial charge in [0.2, 0.25) is 0 Å². The zero-order valence-electron chi connectivity index (χ0n) is 9.17. The summed E-state index contributed by atoms with van der Waals surface area (Å²) in [5.41, 5.74) is 9.10. The van der Waals surface area contributed by atoms with Crippen molar-refractivity contribution < 1.29 is 0 Å². The number of thiophene rings is 1. The molecule has 2 heterocycles. The topological polar surface area (TPSA) is 42.2 Å². The van der Waals surface area contributed by atoms with Crippen molar-refractivity contribution in [2.24, 2.45) is 5.73 Å². The lowest BCUT2D eigenvalue weighted by Gasteiger charge is -2.19. The third-order valence-electron chi connectivity index (χ3n) is 2.33. The van der Waals surface area contributed by atoms with Crippen LogP contribution < -0.4 is 5.73 Å². The molecule has 0 aliphatic heterocycles. The van der Waals surface area contributed by atoms with E-state index in [9.17, 15) is 0 Å². The van der Waals surface area contributed by atoms with Crippen molar-refractivity contribution in [1.29, 1.82) is 0 Å². The van der Waals surface area contributed by atoms with Crippen molar-refractivity contribution >= 4 is 22.7 Å². The molecule has 0 aliphatic carbocycles. The van der Waals surface area contributed by atoms with Crippen LogP contribution in [0.25, 0.3) is 0 Å². The highest BCUT2D eigenvalue weighted by Crippen LogP contribution is 2.17. The van der Waals surface area contributed by atoms with E-state index in [1.165, 1.54) is 4.88 Å². The van der Waals surface area contributed by atoms with Crippen LogP contribution in [0.3, 0.4) is 0 Å². The van der Waals surface area contributed by atoms with Crippen LogP contribution in [-0.4, -0.2) is 23.5 Å². The smallest absolute Gasteiger partial charge is 0.0795 e. The predicted molar refractivity (Wildman–Crippen MR) is 69.7 cm³/mol. The van der Waals surface area contributed by atoms with Crippen molar-refractivity contribution in [2.45, 2.75) is 12.6 Å². The largest absolute Gasteiger partial charge is 0.322 e. The second-order valence-electron chi connectivity index (χ2n) is 3.80. The average Bonchev–Trinajstić information content (AvgIpc) is 2.88. The zero-order valence-corrected chi connectivity index (χ0v) is 10.8. The highest BCUT2D eigenvalue weighted by atomic mass is 32.1.